The highest BCUT2D eigenvalue weighted by molar-refractivity contribution is 7.92. The molecule has 0 atom stereocenters. The lowest BCUT2D eigenvalue weighted by atomic mass is 10.4. The van der Waals surface area contributed by atoms with Crippen molar-refractivity contribution in [1.29, 1.82) is 0 Å². The Balaban J connectivity index is 3.01. The molecule has 2 N–H and O–H groups in total. The lowest BCUT2D eigenvalue weighted by Crippen LogP contribution is -1.98. The van der Waals surface area contributed by atoms with E-state index in [1.54, 1.807) is 5.38 Å². The van der Waals surface area contributed by atoms with Gasteiger partial charge in [-0.1, -0.05) is 0 Å². The van der Waals surface area contributed by atoms with Gasteiger partial charge in [0.25, 0.3) is 5.91 Å². The molecule has 1 heterocycles. The number of nitrogen functional groups attached to an aromatic ring is 1. The summed E-state index contributed by atoms with van der Waals surface area (Å²) >= 11 is 1.20. The molecule has 1 rings (SSSR count). The SMILES string of the molecule is CS(C)(=O)=NC(=O)c1cc(N)cs1. The van der Waals surface area contributed by atoms with Crippen LogP contribution >= 0.6 is 11.3 Å². The Morgan fingerprint density at radius 2 is 2.23 bits per heavy atom. The third-order valence-electron chi connectivity index (χ3n) is 1.13. The average molecular weight is 218 g/mol. The van der Waals surface area contributed by atoms with Crippen LogP contribution in [0.2, 0.25) is 0 Å². The molecule has 0 unspecified atom stereocenters. The van der Waals surface area contributed by atoms with Crippen LogP contribution in [-0.4, -0.2) is 22.6 Å². The number of carbonyl (C=O) groups is 1. The van der Waals surface area contributed by atoms with Crippen LogP contribution in [0.25, 0.3) is 0 Å². The van der Waals surface area contributed by atoms with Gasteiger partial charge in [0.15, 0.2) is 0 Å². The fourth-order valence-electron chi connectivity index (χ4n) is 0.708. The van der Waals surface area contributed by atoms with E-state index in [-0.39, 0.29) is 0 Å². The van der Waals surface area contributed by atoms with Crippen LogP contribution in [0, 0.1) is 0 Å². The zero-order chi connectivity index (χ0) is 10.1. The van der Waals surface area contributed by atoms with Crippen molar-refractivity contribution >= 4 is 32.7 Å². The molecule has 0 aliphatic carbocycles. The minimum absolute atomic E-state index is 0.425. The summed E-state index contributed by atoms with van der Waals surface area (Å²) in [6.45, 7) is 0. The molecular weight excluding hydrogens is 208 g/mol. The van der Waals surface area contributed by atoms with Gasteiger partial charge in [-0.25, -0.2) is 4.21 Å². The molecule has 0 saturated heterocycles. The van der Waals surface area contributed by atoms with E-state index in [9.17, 15) is 9.00 Å². The number of rotatable bonds is 1. The quantitative estimate of drug-likeness (QED) is 0.769. The maximum absolute atomic E-state index is 11.3. The predicted octanol–water partition coefficient (Wildman–Crippen LogP) is 1.20. The van der Waals surface area contributed by atoms with E-state index in [0.29, 0.717) is 10.6 Å². The summed E-state index contributed by atoms with van der Waals surface area (Å²) in [4.78, 5) is 11.7. The van der Waals surface area contributed by atoms with Gasteiger partial charge in [0.1, 0.15) is 0 Å². The summed E-state index contributed by atoms with van der Waals surface area (Å²) in [6, 6.07) is 1.53. The monoisotopic (exact) mass is 218 g/mol. The van der Waals surface area contributed by atoms with Crippen molar-refractivity contribution in [2.24, 2.45) is 4.36 Å². The zero-order valence-corrected chi connectivity index (χ0v) is 8.95. The van der Waals surface area contributed by atoms with Gasteiger partial charge in [0.05, 0.1) is 4.88 Å². The first kappa shape index (κ1) is 10.2. The van der Waals surface area contributed by atoms with E-state index >= 15 is 0 Å². The van der Waals surface area contributed by atoms with Crippen LogP contribution in [0.5, 0.6) is 0 Å². The molecule has 0 aliphatic heterocycles. The van der Waals surface area contributed by atoms with Crippen LogP contribution in [0.4, 0.5) is 5.69 Å². The Morgan fingerprint density at radius 1 is 1.62 bits per heavy atom. The van der Waals surface area contributed by atoms with E-state index in [2.05, 4.69) is 4.36 Å². The van der Waals surface area contributed by atoms with Crippen molar-refractivity contribution < 1.29 is 9.00 Å². The summed E-state index contributed by atoms with van der Waals surface area (Å²) in [6.07, 6.45) is 2.84. The average Bonchev–Trinajstić information content (AvgIpc) is 2.31. The minimum Gasteiger partial charge on any atom is -0.398 e. The Morgan fingerprint density at radius 3 is 2.62 bits per heavy atom. The summed E-state index contributed by atoms with van der Waals surface area (Å²) < 4.78 is 14.7. The summed E-state index contributed by atoms with van der Waals surface area (Å²) in [5, 5.41) is 1.65. The summed E-state index contributed by atoms with van der Waals surface area (Å²) in [5.41, 5.74) is 5.96. The van der Waals surface area contributed by atoms with Crippen LogP contribution in [0.3, 0.4) is 0 Å². The normalized spacial score (nSPS) is 11.2. The van der Waals surface area contributed by atoms with Gasteiger partial charge >= 0.3 is 0 Å². The molecule has 0 fully saturated rings. The molecule has 0 saturated carbocycles. The lowest BCUT2D eigenvalue weighted by molar-refractivity contribution is 0.101. The summed E-state index contributed by atoms with van der Waals surface area (Å²) in [5.74, 6) is -0.461. The van der Waals surface area contributed by atoms with E-state index in [4.69, 9.17) is 5.73 Å². The highest BCUT2D eigenvalue weighted by atomic mass is 32.2. The van der Waals surface area contributed by atoms with Crippen LogP contribution in [-0.2, 0) is 9.73 Å². The van der Waals surface area contributed by atoms with E-state index < -0.39 is 15.6 Å². The molecule has 6 heteroatoms. The van der Waals surface area contributed by atoms with Gasteiger partial charge in [-0.15, -0.1) is 11.3 Å². The smallest absolute Gasteiger partial charge is 0.295 e. The van der Waals surface area contributed by atoms with E-state index in [0.717, 1.165) is 0 Å². The molecule has 0 spiro atoms. The molecule has 72 valence electrons. The van der Waals surface area contributed by atoms with Gasteiger partial charge in [-0.05, 0) is 6.07 Å². The number of nitrogens with zero attached hydrogens (tertiary/aromatic N) is 1. The number of hydrogen-bond donors (Lipinski definition) is 1. The molecule has 4 nitrogen and oxygen atoms in total. The van der Waals surface area contributed by atoms with Crippen molar-refractivity contribution in [2.45, 2.75) is 0 Å². The first-order valence-electron chi connectivity index (χ1n) is 3.44. The van der Waals surface area contributed by atoms with Gasteiger partial charge in [-0.3, -0.25) is 4.79 Å². The number of carbonyl (C=O) groups excluding carboxylic acids is 1. The van der Waals surface area contributed by atoms with Crippen molar-refractivity contribution in [3.05, 3.63) is 16.3 Å². The van der Waals surface area contributed by atoms with E-state index in [1.807, 2.05) is 0 Å². The number of anilines is 1. The molecule has 1 aromatic rings. The zero-order valence-electron chi connectivity index (χ0n) is 7.31. The predicted molar refractivity (Wildman–Crippen MR) is 55.5 cm³/mol. The van der Waals surface area contributed by atoms with Gasteiger partial charge in [0.2, 0.25) is 0 Å². The Labute approximate surface area is 80.9 Å². The molecule has 0 bridgehead atoms. The van der Waals surface area contributed by atoms with Crippen LogP contribution < -0.4 is 5.73 Å². The second kappa shape index (κ2) is 3.47. The first-order chi connectivity index (χ1) is 5.88. The van der Waals surface area contributed by atoms with Gasteiger partial charge in [-0.2, -0.15) is 4.36 Å². The Kier molecular flexibility index (Phi) is 2.72. The van der Waals surface area contributed by atoms with Gasteiger partial charge in [0, 0.05) is 33.3 Å². The third-order valence-corrected chi connectivity index (χ3v) is 2.68. The van der Waals surface area contributed by atoms with Crippen molar-refractivity contribution in [3.63, 3.8) is 0 Å². The Hall–Kier alpha value is -0.880. The molecule has 0 aromatic carbocycles. The largest absolute Gasteiger partial charge is 0.398 e. The number of amides is 1. The lowest BCUT2D eigenvalue weighted by Gasteiger charge is -1.91. The van der Waals surface area contributed by atoms with Crippen molar-refractivity contribution in [3.8, 4) is 0 Å². The minimum atomic E-state index is -2.37. The maximum atomic E-state index is 11.3. The highest BCUT2D eigenvalue weighted by Gasteiger charge is 2.07. The fraction of sp³-hybridized carbons (Fsp3) is 0.286. The van der Waals surface area contributed by atoms with Gasteiger partial charge < -0.3 is 5.73 Å². The van der Waals surface area contributed by atoms with Crippen LogP contribution in [0.1, 0.15) is 9.67 Å². The molecule has 1 amide bonds. The molecular formula is C7H10N2O2S2. The fourth-order valence-corrected chi connectivity index (χ4v) is 1.94. The first-order valence-corrected chi connectivity index (χ1v) is 6.65. The Bertz CT molecular complexity index is 433. The van der Waals surface area contributed by atoms with Crippen molar-refractivity contribution in [2.75, 3.05) is 18.2 Å². The summed E-state index contributed by atoms with van der Waals surface area (Å²) in [7, 11) is -2.37. The highest BCUT2D eigenvalue weighted by Crippen LogP contribution is 2.17. The maximum Gasteiger partial charge on any atom is 0.295 e. The number of thiophene rings is 1. The molecule has 1 aromatic heterocycles. The topological polar surface area (TPSA) is 72.5 Å². The third kappa shape index (κ3) is 3.16. The second-order valence-electron chi connectivity index (χ2n) is 2.82. The standard InChI is InChI=1S/C7H10N2O2S2/c1-13(2,11)9-7(10)6-3-5(8)4-12-6/h3-4H,8H2,1-2H3. The second-order valence-corrected chi connectivity index (χ2v) is 6.28. The number of hydrogen-bond acceptors (Lipinski definition) is 4. The molecule has 0 radical (unpaired) electrons. The van der Waals surface area contributed by atoms with Crippen molar-refractivity contribution in [1.82, 2.24) is 0 Å². The molecule has 13 heavy (non-hydrogen) atoms. The number of nitrogens with two attached hydrogens (primary N) is 1. The molecule has 0 aliphatic rings. The van der Waals surface area contributed by atoms with E-state index in [1.165, 1.54) is 29.9 Å². The van der Waals surface area contributed by atoms with Crippen LogP contribution in [0.15, 0.2) is 15.8 Å².